The van der Waals surface area contributed by atoms with Crippen molar-refractivity contribution in [3.05, 3.63) is 56.2 Å². The fraction of sp³-hybridized carbons (Fsp3) is 0.286. The topological polar surface area (TPSA) is 38.0 Å². The van der Waals surface area contributed by atoms with Gasteiger partial charge in [0.2, 0.25) is 0 Å². The van der Waals surface area contributed by atoms with Crippen molar-refractivity contribution < 1.29 is 0 Å². The van der Waals surface area contributed by atoms with Crippen LogP contribution in [0.25, 0.3) is 0 Å². The largest absolute Gasteiger partial charge is 0.271 e. The molecule has 1 aromatic heterocycles. The Balaban J connectivity index is 1.73. The highest BCUT2D eigenvalue weighted by molar-refractivity contribution is 9.11. The number of hydrogen-bond donors (Lipinski definition) is 2. The first-order valence-corrected chi connectivity index (χ1v) is 7.68. The van der Waals surface area contributed by atoms with Gasteiger partial charge >= 0.3 is 0 Å². The Morgan fingerprint density at radius 2 is 2.17 bits per heavy atom. The van der Waals surface area contributed by atoms with Gasteiger partial charge in [-0.3, -0.25) is 11.3 Å². The van der Waals surface area contributed by atoms with Crippen LogP contribution in [0, 0.1) is 0 Å². The summed E-state index contributed by atoms with van der Waals surface area (Å²) in [6.07, 6.45) is 2.25. The predicted molar refractivity (Wildman–Crippen MR) is 79.6 cm³/mol. The number of halogens is 1. The fourth-order valence-corrected chi connectivity index (χ4v) is 4.14. The molecule has 0 aliphatic heterocycles. The van der Waals surface area contributed by atoms with Crippen molar-refractivity contribution in [3.63, 3.8) is 0 Å². The molecule has 0 spiro atoms. The highest BCUT2D eigenvalue weighted by Crippen LogP contribution is 2.41. The summed E-state index contributed by atoms with van der Waals surface area (Å²) >= 11 is 5.26. The van der Waals surface area contributed by atoms with Crippen molar-refractivity contribution in [2.75, 3.05) is 0 Å². The third kappa shape index (κ3) is 2.26. The van der Waals surface area contributed by atoms with Gasteiger partial charge in [-0.15, -0.1) is 11.3 Å². The molecule has 2 nitrogen and oxygen atoms in total. The van der Waals surface area contributed by atoms with Gasteiger partial charge in [0.05, 0.1) is 9.83 Å². The predicted octanol–water partition coefficient (Wildman–Crippen LogP) is 3.75. The molecule has 2 aromatic rings. The molecule has 0 saturated carbocycles. The van der Waals surface area contributed by atoms with Crippen molar-refractivity contribution in [2.24, 2.45) is 5.84 Å². The van der Waals surface area contributed by atoms with Crippen LogP contribution in [-0.2, 0) is 6.42 Å². The zero-order valence-electron chi connectivity index (χ0n) is 9.90. The van der Waals surface area contributed by atoms with E-state index in [1.165, 1.54) is 22.4 Å². The van der Waals surface area contributed by atoms with E-state index >= 15 is 0 Å². The standard InChI is InChI=1S/C14H15BrN2S/c15-14-6-5-13(18-14)12(17-16)8-10-7-9-3-1-2-4-11(9)10/h1-6,10,12,17H,7-8,16H2. The lowest BCUT2D eigenvalue weighted by molar-refractivity contribution is 0.440. The summed E-state index contributed by atoms with van der Waals surface area (Å²) in [6, 6.07) is 13.2. The number of nitrogens with one attached hydrogen (secondary N) is 1. The van der Waals surface area contributed by atoms with Gasteiger partial charge in [0.1, 0.15) is 0 Å². The highest BCUT2D eigenvalue weighted by Gasteiger charge is 2.28. The van der Waals surface area contributed by atoms with E-state index < -0.39 is 0 Å². The third-order valence-electron chi connectivity index (χ3n) is 3.62. The van der Waals surface area contributed by atoms with Gasteiger partial charge in [-0.05, 0) is 57.9 Å². The molecule has 0 saturated heterocycles. The lowest BCUT2D eigenvalue weighted by Crippen LogP contribution is -2.31. The first-order valence-electron chi connectivity index (χ1n) is 6.07. The first kappa shape index (κ1) is 12.4. The summed E-state index contributed by atoms with van der Waals surface area (Å²) in [4.78, 5) is 1.30. The van der Waals surface area contributed by atoms with E-state index in [2.05, 4.69) is 57.8 Å². The second kappa shape index (κ2) is 5.13. The molecule has 1 aliphatic carbocycles. The molecule has 2 unspecified atom stereocenters. The van der Waals surface area contributed by atoms with Gasteiger partial charge in [-0.1, -0.05) is 24.3 Å². The van der Waals surface area contributed by atoms with E-state index in [0.717, 1.165) is 10.2 Å². The minimum Gasteiger partial charge on any atom is -0.271 e. The second-order valence-electron chi connectivity index (χ2n) is 4.70. The van der Waals surface area contributed by atoms with Gasteiger partial charge in [0, 0.05) is 4.88 Å². The SMILES string of the molecule is NNC(CC1Cc2ccccc21)c1ccc(Br)s1. The molecule has 3 N–H and O–H groups in total. The zero-order valence-corrected chi connectivity index (χ0v) is 12.3. The molecule has 3 rings (SSSR count). The number of rotatable bonds is 4. The molecule has 0 fully saturated rings. The number of fused-ring (bicyclic) bond motifs is 1. The van der Waals surface area contributed by atoms with Crippen LogP contribution in [0.1, 0.15) is 34.4 Å². The molecule has 0 radical (unpaired) electrons. The maximum atomic E-state index is 5.70. The Hall–Kier alpha value is -0.680. The molecule has 0 amide bonds. The molecular formula is C14H15BrN2S. The average Bonchev–Trinajstić information content (AvgIpc) is 2.77. The zero-order chi connectivity index (χ0) is 12.5. The Labute approximate surface area is 119 Å². The normalized spacial score (nSPS) is 19.1. The van der Waals surface area contributed by atoms with Crippen LogP contribution in [0.4, 0.5) is 0 Å². The fourth-order valence-electron chi connectivity index (χ4n) is 2.64. The van der Waals surface area contributed by atoms with Crippen LogP contribution in [0.3, 0.4) is 0 Å². The van der Waals surface area contributed by atoms with Gasteiger partial charge in [-0.2, -0.15) is 0 Å². The molecule has 1 aromatic carbocycles. The van der Waals surface area contributed by atoms with Crippen LogP contribution in [0.15, 0.2) is 40.2 Å². The number of thiophene rings is 1. The van der Waals surface area contributed by atoms with Crippen molar-refractivity contribution in [2.45, 2.75) is 24.8 Å². The summed E-state index contributed by atoms with van der Waals surface area (Å²) in [5, 5.41) is 0. The van der Waals surface area contributed by atoms with E-state index in [9.17, 15) is 0 Å². The number of hydrogen-bond acceptors (Lipinski definition) is 3. The molecule has 1 heterocycles. The average molecular weight is 323 g/mol. The van der Waals surface area contributed by atoms with E-state index in [-0.39, 0.29) is 6.04 Å². The minimum absolute atomic E-state index is 0.250. The Morgan fingerprint density at radius 3 is 2.83 bits per heavy atom. The molecule has 1 aliphatic rings. The van der Waals surface area contributed by atoms with E-state index in [4.69, 9.17) is 5.84 Å². The number of benzene rings is 1. The van der Waals surface area contributed by atoms with Crippen molar-refractivity contribution >= 4 is 27.3 Å². The van der Waals surface area contributed by atoms with E-state index in [1.54, 1.807) is 11.3 Å². The number of hydrazine groups is 1. The Kier molecular flexibility index (Phi) is 3.52. The van der Waals surface area contributed by atoms with Crippen molar-refractivity contribution in [3.8, 4) is 0 Å². The summed E-state index contributed by atoms with van der Waals surface area (Å²) in [5.74, 6) is 6.34. The van der Waals surface area contributed by atoms with E-state index in [0.29, 0.717) is 5.92 Å². The van der Waals surface area contributed by atoms with E-state index in [1.807, 2.05) is 0 Å². The quantitative estimate of drug-likeness (QED) is 0.664. The summed E-state index contributed by atoms with van der Waals surface area (Å²) in [5.41, 5.74) is 5.94. The second-order valence-corrected chi connectivity index (χ2v) is 7.19. The first-order chi connectivity index (χ1) is 8.78. The minimum atomic E-state index is 0.250. The smallest absolute Gasteiger partial charge is 0.0702 e. The van der Waals surface area contributed by atoms with Crippen LogP contribution in [0.2, 0.25) is 0 Å². The molecule has 94 valence electrons. The Morgan fingerprint density at radius 1 is 1.33 bits per heavy atom. The van der Waals surface area contributed by atoms with Gasteiger partial charge in [0.25, 0.3) is 0 Å². The van der Waals surface area contributed by atoms with Crippen LogP contribution >= 0.6 is 27.3 Å². The van der Waals surface area contributed by atoms with Gasteiger partial charge in [0.15, 0.2) is 0 Å². The summed E-state index contributed by atoms with van der Waals surface area (Å²) in [7, 11) is 0. The molecular weight excluding hydrogens is 308 g/mol. The number of nitrogens with two attached hydrogens (primary N) is 1. The molecule has 2 atom stereocenters. The summed E-state index contributed by atoms with van der Waals surface area (Å²) < 4.78 is 1.16. The molecule has 0 bridgehead atoms. The van der Waals surface area contributed by atoms with Gasteiger partial charge < -0.3 is 0 Å². The van der Waals surface area contributed by atoms with Crippen LogP contribution < -0.4 is 11.3 Å². The molecule has 18 heavy (non-hydrogen) atoms. The summed E-state index contributed by atoms with van der Waals surface area (Å²) in [6.45, 7) is 0. The maximum Gasteiger partial charge on any atom is 0.0702 e. The Bertz CT molecular complexity index is 552. The van der Waals surface area contributed by atoms with Gasteiger partial charge in [-0.25, -0.2) is 0 Å². The lowest BCUT2D eigenvalue weighted by Gasteiger charge is -2.32. The molecule has 4 heteroatoms. The highest BCUT2D eigenvalue weighted by atomic mass is 79.9. The van der Waals surface area contributed by atoms with Crippen LogP contribution in [0.5, 0.6) is 0 Å². The van der Waals surface area contributed by atoms with Crippen molar-refractivity contribution in [1.82, 2.24) is 5.43 Å². The maximum absolute atomic E-state index is 5.70. The monoisotopic (exact) mass is 322 g/mol. The van der Waals surface area contributed by atoms with Crippen molar-refractivity contribution in [1.29, 1.82) is 0 Å². The van der Waals surface area contributed by atoms with Crippen LogP contribution in [-0.4, -0.2) is 0 Å². The lowest BCUT2D eigenvalue weighted by atomic mass is 9.74. The third-order valence-corrected chi connectivity index (χ3v) is 5.36.